The van der Waals surface area contributed by atoms with Crippen LogP contribution in [0.5, 0.6) is 0 Å². The fourth-order valence-electron chi connectivity index (χ4n) is 3.52. The van der Waals surface area contributed by atoms with Gasteiger partial charge < -0.3 is 10.1 Å². The van der Waals surface area contributed by atoms with Crippen LogP contribution in [0.25, 0.3) is 5.57 Å². The van der Waals surface area contributed by atoms with E-state index in [9.17, 15) is 9.59 Å². The van der Waals surface area contributed by atoms with Crippen molar-refractivity contribution in [1.29, 1.82) is 0 Å². The largest absolute Gasteiger partial charge is 0.381 e. The van der Waals surface area contributed by atoms with Crippen molar-refractivity contribution in [2.75, 3.05) is 25.1 Å². The molecule has 0 aliphatic carbocycles. The summed E-state index contributed by atoms with van der Waals surface area (Å²) in [6, 6.07) is 15.7. The first-order valence-electron chi connectivity index (χ1n) is 11.2. The number of ether oxygens (including phenoxy) is 1. The minimum absolute atomic E-state index is 0.255. The van der Waals surface area contributed by atoms with E-state index in [4.69, 9.17) is 4.74 Å². The number of benzene rings is 2. The van der Waals surface area contributed by atoms with Crippen molar-refractivity contribution < 1.29 is 14.3 Å². The summed E-state index contributed by atoms with van der Waals surface area (Å²) < 4.78 is 5.59. The zero-order valence-electron chi connectivity index (χ0n) is 18.7. The van der Waals surface area contributed by atoms with Gasteiger partial charge in [0.1, 0.15) is 5.70 Å². The molecule has 2 amide bonds. The molecule has 1 aliphatic heterocycles. The lowest BCUT2D eigenvalue weighted by Crippen LogP contribution is -2.34. The van der Waals surface area contributed by atoms with Crippen molar-refractivity contribution >= 4 is 23.1 Å². The van der Waals surface area contributed by atoms with Gasteiger partial charge in [-0.15, -0.1) is 0 Å². The lowest BCUT2D eigenvalue weighted by molar-refractivity contribution is -0.137. The number of carbonyl (C=O) groups excluding carboxylic acids is 2. The van der Waals surface area contributed by atoms with Crippen molar-refractivity contribution in [3.63, 3.8) is 0 Å². The van der Waals surface area contributed by atoms with Gasteiger partial charge in [-0.3, -0.25) is 14.5 Å². The Hall–Kier alpha value is -2.92. The fourth-order valence-corrected chi connectivity index (χ4v) is 3.52. The van der Waals surface area contributed by atoms with Crippen LogP contribution in [0.15, 0.2) is 54.2 Å². The Bertz CT molecular complexity index is 930. The second-order valence-corrected chi connectivity index (χ2v) is 7.87. The van der Waals surface area contributed by atoms with Gasteiger partial charge >= 0.3 is 0 Å². The van der Waals surface area contributed by atoms with Gasteiger partial charge in [-0.25, -0.2) is 0 Å². The molecule has 0 radical (unpaired) electrons. The standard InChI is InChI=1S/C26H32N2O3/c1-4-6-17-31-18-7-16-28-25(29)23(21-12-8-19(3)9-13-21)24(26(28)30)27-22-14-10-20(5-2)11-15-22/h8-15,27H,4-7,16-18H2,1-3H3. The van der Waals surface area contributed by atoms with Crippen molar-refractivity contribution in [1.82, 2.24) is 4.90 Å². The molecular formula is C26H32N2O3. The topological polar surface area (TPSA) is 58.6 Å². The highest BCUT2D eigenvalue weighted by atomic mass is 16.5. The molecule has 0 spiro atoms. The molecule has 1 N–H and O–H groups in total. The average molecular weight is 421 g/mol. The normalized spacial score (nSPS) is 14.0. The number of aryl methyl sites for hydroxylation is 2. The second-order valence-electron chi connectivity index (χ2n) is 7.87. The minimum atomic E-state index is -0.284. The third-order valence-corrected chi connectivity index (χ3v) is 5.45. The van der Waals surface area contributed by atoms with E-state index in [0.29, 0.717) is 37.4 Å². The van der Waals surface area contributed by atoms with E-state index < -0.39 is 0 Å². The highest BCUT2D eigenvalue weighted by Crippen LogP contribution is 2.31. The van der Waals surface area contributed by atoms with Crippen molar-refractivity contribution in [3.8, 4) is 0 Å². The summed E-state index contributed by atoms with van der Waals surface area (Å²) in [6.45, 7) is 7.82. The molecule has 164 valence electrons. The molecule has 0 fully saturated rings. The number of anilines is 1. The summed E-state index contributed by atoms with van der Waals surface area (Å²) >= 11 is 0. The highest BCUT2D eigenvalue weighted by Gasteiger charge is 2.38. The Morgan fingerprint density at radius 2 is 1.55 bits per heavy atom. The molecule has 1 heterocycles. The van der Waals surface area contributed by atoms with Crippen molar-refractivity contribution in [2.45, 2.75) is 46.5 Å². The fraction of sp³-hybridized carbons (Fsp3) is 0.385. The number of imide groups is 1. The first-order valence-corrected chi connectivity index (χ1v) is 11.2. The van der Waals surface area contributed by atoms with E-state index in [1.54, 1.807) is 0 Å². The third kappa shape index (κ3) is 5.61. The molecule has 0 unspecified atom stereocenters. The van der Waals surface area contributed by atoms with E-state index in [1.807, 2.05) is 55.5 Å². The van der Waals surface area contributed by atoms with Crippen LogP contribution in [-0.2, 0) is 20.7 Å². The highest BCUT2D eigenvalue weighted by molar-refractivity contribution is 6.36. The summed E-state index contributed by atoms with van der Waals surface area (Å²) in [7, 11) is 0. The average Bonchev–Trinajstić information content (AvgIpc) is 3.01. The summed E-state index contributed by atoms with van der Waals surface area (Å²) in [5, 5.41) is 3.22. The van der Waals surface area contributed by atoms with Crippen LogP contribution in [0.4, 0.5) is 5.69 Å². The number of nitrogens with one attached hydrogen (secondary N) is 1. The Morgan fingerprint density at radius 1 is 0.871 bits per heavy atom. The number of hydrogen-bond acceptors (Lipinski definition) is 4. The van der Waals surface area contributed by atoms with Gasteiger partial charge in [0.05, 0.1) is 5.57 Å². The van der Waals surface area contributed by atoms with E-state index in [0.717, 1.165) is 36.1 Å². The summed E-state index contributed by atoms with van der Waals surface area (Å²) in [5.41, 5.74) is 4.63. The number of hydrogen-bond donors (Lipinski definition) is 1. The SMILES string of the molecule is CCCCOCCCN1C(=O)C(Nc2ccc(CC)cc2)=C(c2ccc(C)cc2)C1=O. The molecule has 2 aromatic rings. The first-order chi connectivity index (χ1) is 15.0. The molecule has 0 bridgehead atoms. The van der Waals surface area contributed by atoms with Crippen LogP contribution < -0.4 is 5.32 Å². The molecule has 3 rings (SSSR count). The molecule has 2 aromatic carbocycles. The van der Waals surface area contributed by atoms with Gasteiger partial charge in [0.15, 0.2) is 0 Å². The summed E-state index contributed by atoms with van der Waals surface area (Å²) in [6.07, 6.45) is 3.68. The summed E-state index contributed by atoms with van der Waals surface area (Å²) in [4.78, 5) is 27.8. The molecule has 0 aromatic heterocycles. The molecule has 5 nitrogen and oxygen atoms in total. The molecule has 1 aliphatic rings. The number of rotatable bonds is 11. The van der Waals surface area contributed by atoms with E-state index in [1.165, 1.54) is 10.5 Å². The van der Waals surface area contributed by atoms with Gasteiger partial charge in [-0.1, -0.05) is 62.2 Å². The quantitative estimate of drug-likeness (QED) is 0.412. The Labute approximate surface area is 185 Å². The van der Waals surface area contributed by atoms with Crippen molar-refractivity contribution in [2.24, 2.45) is 0 Å². The van der Waals surface area contributed by atoms with Crippen LogP contribution in [0.2, 0.25) is 0 Å². The minimum Gasteiger partial charge on any atom is -0.381 e. The van der Waals surface area contributed by atoms with Gasteiger partial charge in [0.2, 0.25) is 0 Å². The van der Waals surface area contributed by atoms with Gasteiger partial charge in [0.25, 0.3) is 11.8 Å². The zero-order chi connectivity index (χ0) is 22.2. The Balaban J connectivity index is 1.81. The lowest BCUT2D eigenvalue weighted by atomic mass is 10.0. The summed E-state index contributed by atoms with van der Waals surface area (Å²) in [5.74, 6) is -0.538. The van der Waals surface area contributed by atoms with Crippen LogP contribution in [0.3, 0.4) is 0 Å². The lowest BCUT2D eigenvalue weighted by Gasteiger charge is -2.15. The smallest absolute Gasteiger partial charge is 0.278 e. The second kappa shape index (κ2) is 10.9. The maximum atomic E-state index is 13.2. The predicted molar refractivity (Wildman–Crippen MR) is 125 cm³/mol. The van der Waals surface area contributed by atoms with Crippen molar-refractivity contribution in [3.05, 3.63) is 70.9 Å². The number of nitrogens with zero attached hydrogens (tertiary/aromatic N) is 1. The third-order valence-electron chi connectivity index (χ3n) is 5.45. The molecule has 0 atom stereocenters. The number of amides is 2. The molecule has 0 saturated heterocycles. The predicted octanol–water partition coefficient (Wildman–Crippen LogP) is 4.96. The number of carbonyl (C=O) groups is 2. The Morgan fingerprint density at radius 3 is 2.19 bits per heavy atom. The van der Waals surface area contributed by atoms with Crippen LogP contribution >= 0.6 is 0 Å². The molecule has 31 heavy (non-hydrogen) atoms. The maximum absolute atomic E-state index is 13.2. The Kier molecular flexibility index (Phi) is 8.01. The van der Waals surface area contributed by atoms with E-state index in [2.05, 4.69) is 19.2 Å². The first kappa shape index (κ1) is 22.8. The van der Waals surface area contributed by atoms with Crippen LogP contribution in [0, 0.1) is 6.92 Å². The monoisotopic (exact) mass is 420 g/mol. The number of unbranched alkanes of at least 4 members (excludes halogenated alkanes) is 1. The van der Waals surface area contributed by atoms with Crippen LogP contribution in [0.1, 0.15) is 49.8 Å². The molecule has 5 heteroatoms. The molecular weight excluding hydrogens is 388 g/mol. The molecule has 0 saturated carbocycles. The van der Waals surface area contributed by atoms with E-state index in [-0.39, 0.29) is 11.8 Å². The van der Waals surface area contributed by atoms with Gasteiger partial charge in [-0.2, -0.15) is 0 Å². The van der Waals surface area contributed by atoms with Gasteiger partial charge in [0, 0.05) is 25.4 Å². The van der Waals surface area contributed by atoms with E-state index >= 15 is 0 Å². The van der Waals surface area contributed by atoms with Gasteiger partial charge in [-0.05, 0) is 49.4 Å². The van der Waals surface area contributed by atoms with Crippen LogP contribution in [-0.4, -0.2) is 36.5 Å². The zero-order valence-corrected chi connectivity index (χ0v) is 18.7. The maximum Gasteiger partial charge on any atom is 0.278 e.